The molecule has 7 rings (SSSR count). The summed E-state index contributed by atoms with van der Waals surface area (Å²) in [5.74, 6) is 0.439. The number of imide groups is 1. The van der Waals surface area contributed by atoms with Crippen LogP contribution in [-0.2, 0) is 42.1 Å². The molecule has 1 saturated heterocycles. The Morgan fingerprint density at radius 3 is 2.41 bits per heavy atom. The summed E-state index contributed by atoms with van der Waals surface area (Å²) < 4.78 is 22.1. The van der Waals surface area contributed by atoms with Gasteiger partial charge in [-0.25, -0.2) is 4.79 Å². The minimum atomic E-state index is -0.704. The Kier molecular flexibility index (Phi) is 13.0. The Morgan fingerprint density at radius 1 is 0.948 bits per heavy atom. The van der Waals surface area contributed by atoms with Gasteiger partial charge in [0.1, 0.15) is 22.9 Å². The number of aromatic nitrogens is 5. The standard InChI is InChI=1S/C41H47ClN8O7S/c1-24-25(2)58-40-36(24)37(28-8-10-29(42)11-9-28)44-30(38-47-46-26(3)49(38)40)23-35(52)43-15-17-56-19-21-57-20-18-55-16-5-6-27-7-12-31-33(22-27)48(4)41(54)50(31)32-13-14-34(51)45-39(32)53/h7-12,22,30,32H,5-6,13-21,23H2,1-4H3,(H,43,52)(H,45,51,53)/t30-,32?/m0/s1. The van der Waals surface area contributed by atoms with E-state index in [2.05, 4.69) is 34.7 Å². The Bertz CT molecular complexity index is 2410. The Hall–Kier alpha value is -5.00. The molecule has 0 bridgehead atoms. The smallest absolute Gasteiger partial charge is 0.329 e. The molecule has 2 aliphatic rings. The Morgan fingerprint density at radius 2 is 1.67 bits per heavy atom. The highest BCUT2D eigenvalue weighted by Gasteiger charge is 2.33. The van der Waals surface area contributed by atoms with E-state index in [0.29, 0.717) is 69.0 Å². The lowest BCUT2D eigenvalue weighted by Gasteiger charge is -2.21. The van der Waals surface area contributed by atoms with Crippen molar-refractivity contribution in [3.63, 3.8) is 0 Å². The fourth-order valence-electron chi connectivity index (χ4n) is 7.36. The number of halogens is 1. The number of hydrogen-bond donors (Lipinski definition) is 2. The molecule has 1 fully saturated rings. The zero-order valence-electron chi connectivity index (χ0n) is 33.0. The molecule has 0 spiro atoms. The fraction of sp³-hybridized carbons (Fsp3) is 0.439. The van der Waals surface area contributed by atoms with E-state index >= 15 is 0 Å². The van der Waals surface area contributed by atoms with Crippen LogP contribution >= 0.6 is 22.9 Å². The first-order chi connectivity index (χ1) is 28.0. The quantitative estimate of drug-likeness (QED) is 0.100. The molecule has 17 heteroatoms. The number of aliphatic imine (C=N–C) groups is 1. The van der Waals surface area contributed by atoms with Crippen LogP contribution in [0.2, 0.25) is 5.02 Å². The third-order valence-corrected chi connectivity index (χ3v) is 11.9. The summed E-state index contributed by atoms with van der Waals surface area (Å²) in [6, 6.07) is 12.1. The molecular formula is C41H47ClN8O7S. The maximum atomic E-state index is 13.2. The second kappa shape index (κ2) is 18.3. The number of fused-ring (bicyclic) bond motifs is 4. The number of benzene rings is 2. The normalized spacial score (nSPS) is 16.5. The van der Waals surface area contributed by atoms with Crippen molar-refractivity contribution < 1.29 is 28.6 Å². The number of hydrogen-bond acceptors (Lipinski definition) is 11. The topological polar surface area (TPSA) is 173 Å². The van der Waals surface area contributed by atoms with Crippen LogP contribution in [0.5, 0.6) is 0 Å². The second-order valence-corrected chi connectivity index (χ2v) is 16.0. The SMILES string of the molecule is Cc1sc2c(c1C)C(c1ccc(Cl)cc1)=N[C@@H](CC(=O)NCCOCCOCCOCCCc1ccc3c(c1)n(C)c(=O)n3C1CCC(=O)NC1=O)c1nnc(C)n1-2. The Balaban J connectivity index is 0.797. The van der Waals surface area contributed by atoms with Gasteiger partial charge >= 0.3 is 5.69 Å². The molecule has 3 aromatic heterocycles. The van der Waals surface area contributed by atoms with Gasteiger partial charge in [-0.15, -0.1) is 21.5 Å². The first-order valence-corrected chi connectivity index (χ1v) is 20.6. The molecular weight excluding hydrogens is 784 g/mol. The molecule has 5 aromatic rings. The summed E-state index contributed by atoms with van der Waals surface area (Å²) >= 11 is 7.88. The minimum absolute atomic E-state index is 0.0994. The van der Waals surface area contributed by atoms with Crippen LogP contribution < -0.4 is 16.3 Å². The number of carbonyl (C=O) groups is 3. The molecule has 2 atom stereocenters. The predicted octanol–water partition coefficient (Wildman–Crippen LogP) is 4.62. The minimum Gasteiger partial charge on any atom is -0.379 e. The fourth-order valence-corrected chi connectivity index (χ4v) is 8.70. The number of aryl methyl sites for hydroxylation is 4. The van der Waals surface area contributed by atoms with E-state index in [0.717, 1.165) is 57.1 Å². The molecule has 2 N–H and O–H groups in total. The highest BCUT2D eigenvalue weighted by atomic mass is 35.5. The van der Waals surface area contributed by atoms with Crippen LogP contribution in [0.1, 0.15) is 76.5 Å². The number of nitrogens with one attached hydrogen (secondary N) is 2. The van der Waals surface area contributed by atoms with Crippen molar-refractivity contribution in [2.75, 3.05) is 46.2 Å². The lowest BCUT2D eigenvalue weighted by atomic mass is 9.99. The summed E-state index contributed by atoms with van der Waals surface area (Å²) in [4.78, 5) is 56.6. The van der Waals surface area contributed by atoms with Crippen LogP contribution in [0.15, 0.2) is 52.3 Å². The van der Waals surface area contributed by atoms with Crippen molar-refractivity contribution in [1.82, 2.24) is 34.5 Å². The van der Waals surface area contributed by atoms with Crippen LogP contribution in [0, 0.1) is 20.8 Å². The summed E-state index contributed by atoms with van der Waals surface area (Å²) in [5.41, 5.74) is 6.05. The maximum Gasteiger partial charge on any atom is 0.329 e. The number of amides is 3. The van der Waals surface area contributed by atoms with Crippen LogP contribution in [0.25, 0.3) is 16.0 Å². The lowest BCUT2D eigenvalue weighted by molar-refractivity contribution is -0.135. The molecule has 15 nitrogen and oxygen atoms in total. The third kappa shape index (κ3) is 8.85. The maximum absolute atomic E-state index is 13.2. The molecule has 0 saturated carbocycles. The zero-order valence-corrected chi connectivity index (χ0v) is 34.6. The third-order valence-electron chi connectivity index (χ3n) is 10.5. The number of thiophene rings is 1. The summed E-state index contributed by atoms with van der Waals surface area (Å²) in [6.45, 7) is 8.98. The largest absolute Gasteiger partial charge is 0.379 e. The van der Waals surface area contributed by atoms with Crippen LogP contribution in [0.3, 0.4) is 0 Å². The van der Waals surface area contributed by atoms with Gasteiger partial charge in [0, 0.05) is 47.6 Å². The second-order valence-electron chi connectivity index (χ2n) is 14.4. The lowest BCUT2D eigenvalue weighted by Crippen LogP contribution is -2.44. The molecule has 306 valence electrons. The molecule has 2 aliphatic heterocycles. The van der Waals surface area contributed by atoms with Crippen LogP contribution in [-0.4, -0.2) is 93.5 Å². The highest BCUT2D eigenvalue weighted by Crippen LogP contribution is 2.39. The van der Waals surface area contributed by atoms with Gasteiger partial charge in [0.2, 0.25) is 17.7 Å². The van der Waals surface area contributed by atoms with Gasteiger partial charge < -0.3 is 19.5 Å². The van der Waals surface area contributed by atoms with E-state index in [1.807, 2.05) is 54.0 Å². The van der Waals surface area contributed by atoms with E-state index in [4.69, 9.17) is 30.8 Å². The highest BCUT2D eigenvalue weighted by molar-refractivity contribution is 7.15. The molecule has 2 aromatic carbocycles. The first-order valence-electron chi connectivity index (χ1n) is 19.4. The average molecular weight is 831 g/mol. The van der Waals surface area contributed by atoms with E-state index in [1.54, 1.807) is 23.0 Å². The average Bonchev–Trinajstić information content (AvgIpc) is 3.77. The predicted molar refractivity (Wildman–Crippen MR) is 220 cm³/mol. The van der Waals surface area contributed by atoms with Gasteiger partial charge in [0.15, 0.2) is 5.82 Å². The number of carbonyl (C=O) groups excluding carboxylic acids is 3. The van der Waals surface area contributed by atoms with Gasteiger partial charge in [-0.1, -0.05) is 29.8 Å². The summed E-state index contributed by atoms with van der Waals surface area (Å²) in [7, 11) is 1.69. The number of imidazole rings is 1. The Labute approximate surface area is 344 Å². The van der Waals surface area contributed by atoms with Crippen molar-refractivity contribution in [3.8, 4) is 5.00 Å². The number of rotatable bonds is 17. The van der Waals surface area contributed by atoms with E-state index < -0.39 is 18.0 Å². The summed E-state index contributed by atoms with van der Waals surface area (Å²) in [6.07, 6.45) is 2.15. The van der Waals surface area contributed by atoms with Crippen molar-refractivity contribution in [2.45, 2.75) is 65.0 Å². The van der Waals surface area contributed by atoms with Crippen molar-refractivity contribution in [1.29, 1.82) is 0 Å². The molecule has 0 aliphatic carbocycles. The van der Waals surface area contributed by atoms with Crippen molar-refractivity contribution in [2.24, 2.45) is 12.0 Å². The molecule has 58 heavy (non-hydrogen) atoms. The zero-order chi connectivity index (χ0) is 40.9. The van der Waals surface area contributed by atoms with E-state index in [1.165, 1.54) is 9.44 Å². The van der Waals surface area contributed by atoms with Gasteiger partial charge in [0.05, 0.1) is 56.2 Å². The van der Waals surface area contributed by atoms with Gasteiger partial charge in [0.25, 0.3) is 0 Å². The summed E-state index contributed by atoms with van der Waals surface area (Å²) in [5, 5.41) is 15.8. The van der Waals surface area contributed by atoms with Crippen molar-refractivity contribution >= 4 is 57.4 Å². The van der Waals surface area contributed by atoms with E-state index in [-0.39, 0.29) is 30.3 Å². The number of ether oxygens (including phenoxy) is 3. The van der Waals surface area contributed by atoms with Crippen molar-refractivity contribution in [3.05, 3.63) is 96.8 Å². The van der Waals surface area contributed by atoms with Gasteiger partial charge in [-0.05, 0) is 75.4 Å². The molecule has 5 heterocycles. The van der Waals surface area contributed by atoms with Gasteiger partial charge in [-0.3, -0.25) is 38.4 Å². The van der Waals surface area contributed by atoms with E-state index in [9.17, 15) is 19.2 Å². The monoisotopic (exact) mass is 830 g/mol. The molecule has 1 unspecified atom stereocenters. The first kappa shape index (κ1) is 41.2. The molecule has 0 radical (unpaired) electrons. The molecule has 3 amide bonds. The number of piperidine rings is 1. The van der Waals surface area contributed by atoms with Crippen LogP contribution in [0.4, 0.5) is 0 Å². The number of nitrogens with zero attached hydrogens (tertiary/aromatic N) is 6. The van der Waals surface area contributed by atoms with Gasteiger partial charge in [-0.2, -0.15) is 0 Å².